The van der Waals surface area contributed by atoms with Crippen LogP contribution in [-0.4, -0.2) is 38.5 Å². The van der Waals surface area contributed by atoms with Crippen molar-refractivity contribution in [3.8, 4) is 11.5 Å². The lowest BCUT2D eigenvalue weighted by Gasteiger charge is -2.15. The Bertz CT molecular complexity index is 1080. The van der Waals surface area contributed by atoms with Gasteiger partial charge in [0.15, 0.2) is 17.2 Å². The van der Waals surface area contributed by atoms with Crippen molar-refractivity contribution in [1.29, 1.82) is 0 Å². The van der Waals surface area contributed by atoms with Gasteiger partial charge in [-0.2, -0.15) is 0 Å². The predicted octanol–water partition coefficient (Wildman–Crippen LogP) is 3.83. The molecule has 2 aliphatic heterocycles. The number of aliphatic imine (C=N–C) groups is 1. The molecular weight excluding hydrogens is 408 g/mol. The number of anilines is 1. The third kappa shape index (κ3) is 3.76. The van der Waals surface area contributed by atoms with Crippen LogP contribution >= 0.6 is 11.6 Å². The fraction of sp³-hybridized carbons (Fsp3) is 0.227. The minimum atomic E-state index is -0.560. The van der Waals surface area contributed by atoms with Gasteiger partial charge in [0.25, 0.3) is 0 Å². The number of ether oxygens (including phenoxy) is 3. The SMILES string of the molecule is COc1cc(C=C2N=C(c3ccc(N4CCCC4=O)cc3)OC2=O)cc(Cl)c1OC. The molecule has 2 heterocycles. The Hall–Kier alpha value is -3.32. The van der Waals surface area contributed by atoms with Gasteiger partial charge in [0, 0.05) is 24.2 Å². The molecule has 1 fully saturated rings. The molecule has 2 aromatic carbocycles. The Morgan fingerprint density at radius 3 is 2.53 bits per heavy atom. The number of nitrogens with zero attached hydrogens (tertiary/aromatic N) is 2. The van der Waals surface area contributed by atoms with Gasteiger partial charge < -0.3 is 19.1 Å². The van der Waals surface area contributed by atoms with Gasteiger partial charge in [-0.3, -0.25) is 4.79 Å². The van der Waals surface area contributed by atoms with Crippen LogP contribution in [0.3, 0.4) is 0 Å². The number of esters is 1. The van der Waals surface area contributed by atoms with Gasteiger partial charge >= 0.3 is 5.97 Å². The van der Waals surface area contributed by atoms with Gasteiger partial charge in [0.1, 0.15) is 0 Å². The molecule has 0 aromatic heterocycles. The van der Waals surface area contributed by atoms with Crippen molar-refractivity contribution in [2.24, 2.45) is 4.99 Å². The van der Waals surface area contributed by atoms with E-state index in [0.717, 1.165) is 18.7 Å². The van der Waals surface area contributed by atoms with Crippen molar-refractivity contribution >= 4 is 41.1 Å². The molecule has 0 unspecified atom stereocenters. The third-order valence-corrected chi connectivity index (χ3v) is 5.16. The molecule has 2 aromatic rings. The minimum Gasteiger partial charge on any atom is -0.493 e. The molecule has 0 saturated carbocycles. The van der Waals surface area contributed by atoms with Gasteiger partial charge in [-0.25, -0.2) is 9.79 Å². The zero-order valence-corrected chi connectivity index (χ0v) is 17.2. The lowest BCUT2D eigenvalue weighted by atomic mass is 10.1. The topological polar surface area (TPSA) is 77.4 Å². The maximum absolute atomic E-state index is 12.3. The van der Waals surface area contributed by atoms with E-state index in [1.165, 1.54) is 14.2 Å². The van der Waals surface area contributed by atoms with Crippen molar-refractivity contribution in [2.45, 2.75) is 12.8 Å². The molecule has 7 nitrogen and oxygen atoms in total. The van der Waals surface area contributed by atoms with E-state index in [0.29, 0.717) is 34.1 Å². The van der Waals surface area contributed by atoms with Gasteiger partial charge in [-0.1, -0.05) is 11.6 Å². The van der Waals surface area contributed by atoms with Crippen LogP contribution < -0.4 is 14.4 Å². The first-order valence-electron chi connectivity index (χ1n) is 9.35. The van der Waals surface area contributed by atoms with Crippen molar-refractivity contribution in [1.82, 2.24) is 0 Å². The molecule has 0 spiro atoms. The van der Waals surface area contributed by atoms with Gasteiger partial charge in [-0.05, 0) is 54.5 Å². The lowest BCUT2D eigenvalue weighted by molar-refractivity contribution is -0.130. The van der Waals surface area contributed by atoms with E-state index in [4.69, 9.17) is 25.8 Å². The summed E-state index contributed by atoms with van der Waals surface area (Å²) in [7, 11) is 3.00. The second-order valence-corrected chi connectivity index (χ2v) is 7.18. The average Bonchev–Trinajstić information content (AvgIpc) is 3.33. The Kier molecular flexibility index (Phi) is 5.46. The van der Waals surface area contributed by atoms with E-state index in [1.54, 1.807) is 35.2 Å². The predicted molar refractivity (Wildman–Crippen MR) is 113 cm³/mol. The summed E-state index contributed by atoms with van der Waals surface area (Å²) in [6.07, 6.45) is 3.00. The van der Waals surface area contributed by atoms with Gasteiger partial charge in [0.05, 0.1) is 19.2 Å². The second-order valence-electron chi connectivity index (χ2n) is 6.77. The maximum atomic E-state index is 12.3. The molecule has 0 atom stereocenters. The largest absolute Gasteiger partial charge is 0.493 e. The Morgan fingerprint density at radius 1 is 1.13 bits per heavy atom. The van der Waals surface area contributed by atoms with E-state index in [-0.39, 0.29) is 17.5 Å². The normalized spacial score (nSPS) is 17.4. The smallest absolute Gasteiger partial charge is 0.363 e. The Labute approximate surface area is 178 Å². The Morgan fingerprint density at radius 2 is 1.90 bits per heavy atom. The average molecular weight is 427 g/mol. The number of benzene rings is 2. The molecule has 2 aliphatic rings. The van der Waals surface area contributed by atoms with Crippen LogP contribution in [0.2, 0.25) is 5.02 Å². The van der Waals surface area contributed by atoms with Crippen LogP contribution in [0.5, 0.6) is 11.5 Å². The molecule has 30 heavy (non-hydrogen) atoms. The number of hydrogen-bond acceptors (Lipinski definition) is 6. The summed E-state index contributed by atoms with van der Waals surface area (Å²) in [4.78, 5) is 30.2. The number of amides is 1. The third-order valence-electron chi connectivity index (χ3n) is 4.88. The number of carbonyl (C=O) groups excluding carboxylic acids is 2. The fourth-order valence-corrected chi connectivity index (χ4v) is 3.71. The van der Waals surface area contributed by atoms with Gasteiger partial charge in [-0.15, -0.1) is 0 Å². The zero-order valence-electron chi connectivity index (χ0n) is 16.5. The molecule has 4 rings (SSSR count). The first kappa shape index (κ1) is 20.0. The zero-order chi connectivity index (χ0) is 21.3. The molecule has 1 saturated heterocycles. The molecular formula is C22H19ClN2O5. The number of rotatable bonds is 5. The van der Waals surface area contributed by atoms with E-state index < -0.39 is 5.97 Å². The number of methoxy groups -OCH3 is 2. The van der Waals surface area contributed by atoms with Crippen molar-refractivity contribution in [3.63, 3.8) is 0 Å². The van der Waals surface area contributed by atoms with Gasteiger partial charge in [0.2, 0.25) is 11.8 Å². The fourth-order valence-electron chi connectivity index (χ4n) is 3.42. The first-order valence-corrected chi connectivity index (χ1v) is 9.73. The maximum Gasteiger partial charge on any atom is 0.363 e. The molecule has 0 aliphatic carbocycles. The summed E-state index contributed by atoms with van der Waals surface area (Å²) in [6, 6.07) is 10.6. The number of halogens is 1. The van der Waals surface area contributed by atoms with Crippen molar-refractivity contribution in [3.05, 3.63) is 58.2 Å². The van der Waals surface area contributed by atoms with E-state index >= 15 is 0 Å². The second kappa shape index (κ2) is 8.20. The summed E-state index contributed by atoms with van der Waals surface area (Å²) in [6.45, 7) is 0.717. The molecule has 0 N–H and O–H groups in total. The highest BCUT2D eigenvalue weighted by molar-refractivity contribution is 6.32. The van der Waals surface area contributed by atoms with Crippen LogP contribution in [0.4, 0.5) is 5.69 Å². The van der Waals surface area contributed by atoms with Crippen molar-refractivity contribution < 1.29 is 23.8 Å². The summed E-state index contributed by atoms with van der Waals surface area (Å²) in [5, 5.41) is 0.353. The van der Waals surface area contributed by atoms with Crippen LogP contribution in [0.15, 0.2) is 47.1 Å². The minimum absolute atomic E-state index is 0.117. The highest BCUT2D eigenvalue weighted by atomic mass is 35.5. The summed E-state index contributed by atoms with van der Waals surface area (Å²) in [5.41, 5.74) is 2.24. The van der Waals surface area contributed by atoms with E-state index in [2.05, 4.69) is 4.99 Å². The Balaban J connectivity index is 1.60. The quantitative estimate of drug-likeness (QED) is 0.536. The number of hydrogen-bond donors (Lipinski definition) is 0. The van der Waals surface area contributed by atoms with E-state index in [1.807, 2.05) is 12.1 Å². The summed E-state index contributed by atoms with van der Waals surface area (Å²) in [5.74, 6) is 0.619. The standard InChI is InChI=1S/C22H19ClN2O5/c1-28-18-12-13(10-16(23)20(18)29-2)11-17-22(27)30-21(24-17)14-5-7-15(8-6-14)25-9-3-4-19(25)26/h5-8,10-12H,3-4,9H2,1-2H3. The highest BCUT2D eigenvalue weighted by Gasteiger charge is 2.26. The molecule has 0 bridgehead atoms. The molecule has 8 heteroatoms. The van der Waals surface area contributed by atoms with Crippen LogP contribution in [0.1, 0.15) is 24.0 Å². The highest BCUT2D eigenvalue weighted by Crippen LogP contribution is 2.37. The summed E-state index contributed by atoms with van der Waals surface area (Å²) >= 11 is 6.22. The van der Waals surface area contributed by atoms with Crippen LogP contribution in [0, 0.1) is 0 Å². The monoisotopic (exact) mass is 426 g/mol. The number of carbonyl (C=O) groups is 2. The molecule has 154 valence electrons. The van der Waals surface area contributed by atoms with E-state index in [9.17, 15) is 9.59 Å². The molecule has 1 amide bonds. The summed E-state index contributed by atoms with van der Waals surface area (Å²) < 4.78 is 15.8. The van der Waals surface area contributed by atoms with Crippen LogP contribution in [-0.2, 0) is 14.3 Å². The molecule has 0 radical (unpaired) electrons. The number of cyclic esters (lactones) is 1. The first-order chi connectivity index (χ1) is 14.5. The van der Waals surface area contributed by atoms with Crippen LogP contribution in [0.25, 0.3) is 6.08 Å². The lowest BCUT2D eigenvalue weighted by Crippen LogP contribution is -2.23. The van der Waals surface area contributed by atoms with Crippen molar-refractivity contribution in [2.75, 3.05) is 25.7 Å².